The summed E-state index contributed by atoms with van der Waals surface area (Å²) >= 11 is 0. The van der Waals surface area contributed by atoms with Crippen LogP contribution in [0.5, 0.6) is 5.75 Å². The lowest BCUT2D eigenvalue weighted by atomic mass is 9.99. The van der Waals surface area contributed by atoms with Gasteiger partial charge in [0.15, 0.2) is 0 Å². The first-order valence-electron chi connectivity index (χ1n) is 7.80. The number of carboxylic acids is 1. The van der Waals surface area contributed by atoms with E-state index in [0.717, 1.165) is 23.8 Å². The number of rotatable bonds is 10. The molecule has 1 atom stereocenters. The highest BCUT2D eigenvalue weighted by atomic mass is 16.5. The Morgan fingerprint density at radius 1 is 1.29 bits per heavy atom. The monoisotopic (exact) mass is 290 g/mol. The molecule has 0 saturated heterocycles. The molecule has 3 heteroatoms. The molecule has 1 unspecified atom stereocenters. The molecule has 116 valence electrons. The number of hydrogen-bond acceptors (Lipinski definition) is 2. The third-order valence-electron chi connectivity index (χ3n) is 3.59. The van der Waals surface area contributed by atoms with Crippen LogP contribution >= 0.6 is 0 Å². The zero-order valence-corrected chi connectivity index (χ0v) is 13.0. The van der Waals surface area contributed by atoms with Crippen LogP contribution < -0.4 is 4.74 Å². The van der Waals surface area contributed by atoms with E-state index in [1.54, 1.807) is 6.08 Å². The molecular formula is C18H26O3. The third-order valence-corrected chi connectivity index (χ3v) is 3.59. The highest BCUT2D eigenvalue weighted by Gasteiger charge is 2.08. The molecule has 0 aliphatic rings. The minimum Gasteiger partial charge on any atom is -0.493 e. The van der Waals surface area contributed by atoms with Crippen LogP contribution in [0.2, 0.25) is 0 Å². The van der Waals surface area contributed by atoms with Gasteiger partial charge in [-0.2, -0.15) is 0 Å². The molecular weight excluding hydrogens is 264 g/mol. The number of unbranched alkanes of at least 4 members (excludes halogenated alkanes) is 2. The van der Waals surface area contributed by atoms with E-state index in [1.807, 2.05) is 24.3 Å². The quantitative estimate of drug-likeness (QED) is 0.498. The predicted molar refractivity (Wildman–Crippen MR) is 86.5 cm³/mol. The maximum Gasteiger partial charge on any atom is 0.328 e. The summed E-state index contributed by atoms with van der Waals surface area (Å²) in [4.78, 5) is 10.6. The van der Waals surface area contributed by atoms with Crippen LogP contribution in [0.25, 0.3) is 6.08 Å². The second-order valence-corrected chi connectivity index (χ2v) is 5.29. The van der Waals surface area contributed by atoms with E-state index in [4.69, 9.17) is 9.84 Å². The van der Waals surface area contributed by atoms with Crippen LogP contribution in [0.1, 0.15) is 51.5 Å². The Balaban J connectivity index is 2.59. The smallest absolute Gasteiger partial charge is 0.328 e. The lowest BCUT2D eigenvalue weighted by molar-refractivity contribution is -0.131. The van der Waals surface area contributed by atoms with Crippen molar-refractivity contribution in [2.45, 2.75) is 46.0 Å². The molecule has 0 saturated carbocycles. The van der Waals surface area contributed by atoms with E-state index in [0.29, 0.717) is 12.5 Å². The van der Waals surface area contributed by atoms with Crippen molar-refractivity contribution in [3.05, 3.63) is 35.9 Å². The van der Waals surface area contributed by atoms with Gasteiger partial charge in [0, 0.05) is 11.6 Å². The normalized spacial score (nSPS) is 12.5. The molecule has 0 bridgehead atoms. The van der Waals surface area contributed by atoms with Gasteiger partial charge in [-0.25, -0.2) is 4.79 Å². The Hall–Kier alpha value is -1.77. The Kier molecular flexibility index (Phi) is 8.25. The zero-order valence-electron chi connectivity index (χ0n) is 13.0. The van der Waals surface area contributed by atoms with Crippen molar-refractivity contribution in [2.24, 2.45) is 5.92 Å². The zero-order chi connectivity index (χ0) is 15.5. The standard InChI is InChI=1S/C18H26O3/c1-3-5-6-9-15(4-2)14-21-17-11-8-7-10-16(17)12-13-18(19)20/h7-8,10-13,15H,3-6,9,14H2,1-2H3,(H,19,20)/b13-12+. The van der Waals surface area contributed by atoms with Gasteiger partial charge < -0.3 is 9.84 Å². The first-order valence-corrected chi connectivity index (χ1v) is 7.80. The molecule has 21 heavy (non-hydrogen) atoms. The van der Waals surface area contributed by atoms with Crippen molar-refractivity contribution >= 4 is 12.0 Å². The minimum absolute atomic E-state index is 0.563. The minimum atomic E-state index is -0.948. The topological polar surface area (TPSA) is 46.5 Å². The summed E-state index contributed by atoms with van der Waals surface area (Å²) in [6.07, 6.45) is 8.78. The van der Waals surface area contributed by atoms with Gasteiger partial charge in [0.2, 0.25) is 0 Å². The van der Waals surface area contributed by atoms with Gasteiger partial charge in [-0.05, 0) is 24.5 Å². The fourth-order valence-electron chi connectivity index (χ4n) is 2.21. The second kappa shape index (κ2) is 10.0. The SMILES string of the molecule is CCCCCC(CC)COc1ccccc1/C=C/C(=O)O. The first-order chi connectivity index (χ1) is 10.2. The molecule has 0 aliphatic carbocycles. The van der Waals surface area contributed by atoms with Crippen molar-refractivity contribution in [2.75, 3.05) is 6.61 Å². The van der Waals surface area contributed by atoms with Crippen LogP contribution in [0, 0.1) is 5.92 Å². The van der Waals surface area contributed by atoms with Crippen molar-refractivity contribution < 1.29 is 14.6 Å². The largest absolute Gasteiger partial charge is 0.493 e. The summed E-state index contributed by atoms with van der Waals surface area (Å²) in [6.45, 7) is 5.09. The van der Waals surface area contributed by atoms with Crippen molar-refractivity contribution in [3.8, 4) is 5.75 Å². The Bertz CT molecular complexity index is 452. The number of aliphatic carboxylic acids is 1. The van der Waals surface area contributed by atoms with Gasteiger partial charge >= 0.3 is 5.97 Å². The molecule has 0 aliphatic heterocycles. The van der Waals surface area contributed by atoms with E-state index >= 15 is 0 Å². The number of carbonyl (C=O) groups is 1. The Morgan fingerprint density at radius 3 is 2.71 bits per heavy atom. The molecule has 3 nitrogen and oxygen atoms in total. The van der Waals surface area contributed by atoms with Gasteiger partial charge in [0.1, 0.15) is 5.75 Å². The van der Waals surface area contributed by atoms with E-state index in [2.05, 4.69) is 13.8 Å². The number of hydrogen-bond donors (Lipinski definition) is 1. The van der Waals surface area contributed by atoms with E-state index in [1.165, 1.54) is 25.7 Å². The highest BCUT2D eigenvalue weighted by molar-refractivity contribution is 5.85. The Morgan fingerprint density at radius 2 is 2.05 bits per heavy atom. The molecule has 1 aromatic rings. The average molecular weight is 290 g/mol. The molecule has 1 rings (SSSR count). The number of ether oxygens (including phenoxy) is 1. The summed E-state index contributed by atoms with van der Waals surface area (Å²) < 4.78 is 5.91. The van der Waals surface area contributed by atoms with Gasteiger partial charge in [0.05, 0.1) is 6.61 Å². The second-order valence-electron chi connectivity index (χ2n) is 5.29. The molecule has 0 heterocycles. The molecule has 1 aromatic carbocycles. The van der Waals surface area contributed by atoms with Gasteiger partial charge in [-0.3, -0.25) is 0 Å². The lowest BCUT2D eigenvalue weighted by Crippen LogP contribution is -2.11. The number of benzene rings is 1. The van der Waals surface area contributed by atoms with Crippen LogP contribution in [0.3, 0.4) is 0 Å². The van der Waals surface area contributed by atoms with Gasteiger partial charge in [-0.15, -0.1) is 0 Å². The van der Waals surface area contributed by atoms with Gasteiger partial charge in [0.25, 0.3) is 0 Å². The molecule has 0 amide bonds. The molecule has 0 radical (unpaired) electrons. The maximum atomic E-state index is 10.6. The molecule has 1 N–H and O–H groups in total. The summed E-state index contributed by atoms with van der Waals surface area (Å²) in [5.74, 6) is 0.368. The summed E-state index contributed by atoms with van der Waals surface area (Å²) in [7, 11) is 0. The number of para-hydroxylation sites is 1. The fourth-order valence-corrected chi connectivity index (χ4v) is 2.21. The van der Waals surface area contributed by atoms with E-state index in [9.17, 15) is 4.79 Å². The van der Waals surface area contributed by atoms with Crippen LogP contribution in [0.4, 0.5) is 0 Å². The first kappa shape index (κ1) is 17.3. The van der Waals surface area contributed by atoms with E-state index in [-0.39, 0.29) is 0 Å². The Labute approximate surface area is 127 Å². The number of carboxylic acid groups (broad SMARTS) is 1. The predicted octanol–water partition coefficient (Wildman–Crippen LogP) is 4.77. The third kappa shape index (κ3) is 6.98. The lowest BCUT2D eigenvalue weighted by Gasteiger charge is -2.17. The van der Waals surface area contributed by atoms with Crippen LogP contribution in [-0.2, 0) is 4.79 Å². The van der Waals surface area contributed by atoms with Crippen LogP contribution in [-0.4, -0.2) is 17.7 Å². The van der Waals surface area contributed by atoms with Crippen molar-refractivity contribution in [3.63, 3.8) is 0 Å². The van der Waals surface area contributed by atoms with Crippen molar-refractivity contribution in [1.29, 1.82) is 0 Å². The van der Waals surface area contributed by atoms with Crippen molar-refractivity contribution in [1.82, 2.24) is 0 Å². The molecule has 0 fully saturated rings. The summed E-state index contributed by atoms with van der Waals surface area (Å²) in [5, 5.41) is 8.71. The average Bonchev–Trinajstić information content (AvgIpc) is 2.49. The molecule has 0 spiro atoms. The van der Waals surface area contributed by atoms with Gasteiger partial charge in [-0.1, -0.05) is 57.7 Å². The fraction of sp³-hybridized carbons (Fsp3) is 0.500. The highest BCUT2D eigenvalue weighted by Crippen LogP contribution is 2.22. The van der Waals surface area contributed by atoms with Crippen LogP contribution in [0.15, 0.2) is 30.3 Å². The maximum absolute atomic E-state index is 10.6. The summed E-state index contributed by atoms with van der Waals surface area (Å²) in [5.41, 5.74) is 0.809. The van der Waals surface area contributed by atoms with E-state index < -0.39 is 5.97 Å². The summed E-state index contributed by atoms with van der Waals surface area (Å²) in [6, 6.07) is 7.55. The molecule has 0 aromatic heterocycles.